The summed E-state index contributed by atoms with van der Waals surface area (Å²) < 4.78 is 5.96. The molecule has 1 aliphatic rings. The molecule has 1 atom stereocenters. The molecule has 8 heteroatoms. The molecule has 34 heavy (non-hydrogen) atoms. The predicted octanol–water partition coefficient (Wildman–Crippen LogP) is 4.26. The van der Waals surface area contributed by atoms with Crippen molar-refractivity contribution in [1.29, 1.82) is 0 Å². The standard InChI is InChI=1S/C26H27N5O3/c32-26(33)23(31-25-21-5-1-2-6-22(21)28-16-29-25)11-13-34-20-14-17(15-20)7-9-19-10-8-18-4-3-12-27-24(18)30-19/h1-6,8,10,12,16-17,20,23H,7,9,11,13-15H2,(H,32,33)(H,28,29,31)/t17-,20-,23-/m0/s1. The molecule has 0 unspecified atom stereocenters. The van der Waals surface area contributed by atoms with Crippen LogP contribution in [0.4, 0.5) is 5.82 Å². The highest BCUT2D eigenvalue weighted by molar-refractivity contribution is 5.90. The number of nitrogens with one attached hydrogen (secondary N) is 1. The molecule has 1 aromatic carbocycles. The molecule has 0 amide bonds. The van der Waals surface area contributed by atoms with E-state index in [-0.39, 0.29) is 6.10 Å². The maximum atomic E-state index is 11.8. The molecule has 1 fully saturated rings. The number of aryl methyl sites for hydroxylation is 1. The van der Waals surface area contributed by atoms with E-state index in [1.807, 2.05) is 36.4 Å². The van der Waals surface area contributed by atoms with Crippen molar-refractivity contribution in [3.05, 3.63) is 66.7 Å². The summed E-state index contributed by atoms with van der Waals surface area (Å²) >= 11 is 0. The maximum absolute atomic E-state index is 11.8. The highest BCUT2D eigenvalue weighted by Crippen LogP contribution is 2.34. The third-order valence-corrected chi connectivity index (χ3v) is 6.43. The molecule has 0 bridgehead atoms. The Morgan fingerprint density at radius 3 is 2.85 bits per heavy atom. The Labute approximate surface area is 197 Å². The number of fused-ring (bicyclic) bond motifs is 2. The molecule has 8 nitrogen and oxygen atoms in total. The van der Waals surface area contributed by atoms with Gasteiger partial charge in [-0.15, -0.1) is 0 Å². The quantitative estimate of drug-likeness (QED) is 0.364. The van der Waals surface area contributed by atoms with Crippen LogP contribution in [-0.4, -0.2) is 49.8 Å². The van der Waals surface area contributed by atoms with Crippen molar-refractivity contribution in [1.82, 2.24) is 19.9 Å². The summed E-state index contributed by atoms with van der Waals surface area (Å²) in [5, 5.41) is 14.6. The summed E-state index contributed by atoms with van der Waals surface area (Å²) in [7, 11) is 0. The number of para-hydroxylation sites is 1. The van der Waals surface area contributed by atoms with E-state index in [4.69, 9.17) is 4.74 Å². The zero-order valence-electron chi connectivity index (χ0n) is 18.8. The first-order chi connectivity index (χ1) is 16.7. The van der Waals surface area contributed by atoms with Crippen LogP contribution in [0.2, 0.25) is 0 Å². The summed E-state index contributed by atoms with van der Waals surface area (Å²) in [4.78, 5) is 29.2. The fourth-order valence-corrected chi connectivity index (χ4v) is 4.42. The smallest absolute Gasteiger partial charge is 0.326 e. The molecular formula is C26H27N5O3. The number of benzene rings is 1. The largest absolute Gasteiger partial charge is 0.480 e. The topological polar surface area (TPSA) is 110 Å². The third kappa shape index (κ3) is 5.12. The number of carbonyl (C=O) groups is 1. The average Bonchev–Trinajstić information content (AvgIpc) is 2.84. The number of carboxylic acids is 1. The maximum Gasteiger partial charge on any atom is 0.326 e. The van der Waals surface area contributed by atoms with Crippen LogP contribution in [0.5, 0.6) is 0 Å². The second-order valence-electron chi connectivity index (χ2n) is 8.78. The minimum Gasteiger partial charge on any atom is -0.480 e. The number of aromatic nitrogens is 4. The molecule has 3 aromatic heterocycles. The summed E-state index contributed by atoms with van der Waals surface area (Å²) in [6, 6.07) is 14.9. The van der Waals surface area contributed by atoms with Crippen molar-refractivity contribution in [3.63, 3.8) is 0 Å². The molecule has 0 spiro atoms. The van der Waals surface area contributed by atoms with Gasteiger partial charge in [0.15, 0.2) is 5.65 Å². The van der Waals surface area contributed by atoms with E-state index in [2.05, 4.69) is 37.4 Å². The summed E-state index contributed by atoms with van der Waals surface area (Å²) in [6.07, 6.45) is 7.80. The first-order valence-corrected chi connectivity index (χ1v) is 11.7. The van der Waals surface area contributed by atoms with Crippen LogP contribution in [-0.2, 0) is 16.0 Å². The zero-order valence-corrected chi connectivity index (χ0v) is 18.8. The van der Waals surface area contributed by atoms with E-state index < -0.39 is 12.0 Å². The first kappa shape index (κ1) is 22.2. The fourth-order valence-electron chi connectivity index (χ4n) is 4.42. The molecule has 0 aliphatic heterocycles. The van der Waals surface area contributed by atoms with Crippen LogP contribution >= 0.6 is 0 Å². The van der Waals surface area contributed by atoms with E-state index in [0.29, 0.717) is 24.8 Å². The molecule has 0 radical (unpaired) electrons. The molecule has 2 N–H and O–H groups in total. The fraction of sp³-hybridized carbons (Fsp3) is 0.346. The zero-order chi connectivity index (χ0) is 23.3. The van der Waals surface area contributed by atoms with Gasteiger partial charge in [0.25, 0.3) is 0 Å². The van der Waals surface area contributed by atoms with Crippen LogP contribution in [0.3, 0.4) is 0 Å². The number of hydrogen-bond donors (Lipinski definition) is 2. The number of nitrogens with zero attached hydrogens (tertiary/aromatic N) is 4. The van der Waals surface area contributed by atoms with Gasteiger partial charge in [-0.05, 0) is 68.0 Å². The third-order valence-electron chi connectivity index (χ3n) is 6.43. The molecule has 3 heterocycles. The summed E-state index contributed by atoms with van der Waals surface area (Å²) in [5.41, 5.74) is 2.64. The molecule has 0 saturated heterocycles. The molecular weight excluding hydrogens is 430 g/mol. The Morgan fingerprint density at radius 2 is 1.97 bits per heavy atom. The minimum absolute atomic E-state index is 0.200. The SMILES string of the molecule is O=C(O)[C@H](CCO[C@H]1C[C@H](CCc2ccc3cccnc3n2)C1)Nc1ncnc2ccccc12. The Kier molecular flexibility index (Phi) is 6.58. The number of hydrogen-bond acceptors (Lipinski definition) is 7. The predicted molar refractivity (Wildman–Crippen MR) is 130 cm³/mol. The molecule has 1 aliphatic carbocycles. The lowest BCUT2D eigenvalue weighted by molar-refractivity contribution is -0.138. The molecule has 174 valence electrons. The van der Waals surface area contributed by atoms with E-state index in [1.54, 1.807) is 6.20 Å². The average molecular weight is 458 g/mol. The Morgan fingerprint density at radius 1 is 1.09 bits per heavy atom. The molecule has 5 rings (SSSR count). The number of rotatable bonds is 10. The summed E-state index contributed by atoms with van der Waals surface area (Å²) in [5.74, 6) is 0.223. The van der Waals surface area contributed by atoms with Crippen molar-refractivity contribution in [2.45, 2.75) is 44.2 Å². The number of pyridine rings is 2. The van der Waals surface area contributed by atoms with Crippen molar-refractivity contribution in [3.8, 4) is 0 Å². The van der Waals surface area contributed by atoms with Gasteiger partial charge in [-0.2, -0.15) is 0 Å². The van der Waals surface area contributed by atoms with Gasteiger partial charge in [-0.1, -0.05) is 12.1 Å². The van der Waals surface area contributed by atoms with Gasteiger partial charge in [-0.3, -0.25) is 0 Å². The number of ether oxygens (including phenoxy) is 1. The Hall–Kier alpha value is -3.65. The number of carboxylic acid groups (broad SMARTS) is 1. The van der Waals surface area contributed by atoms with Crippen LogP contribution in [0, 0.1) is 5.92 Å². The van der Waals surface area contributed by atoms with E-state index in [0.717, 1.165) is 53.3 Å². The lowest BCUT2D eigenvalue weighted by atomic mass is 9.79. The first-order valence-electron chi connectivity index (χ1n) is 11.7. The Balaban J connectivity index is 1.06. The molecule has 1 saturated carbocycles. The highest BCUT2D eigenvalue weighted by atomic mass is 16.5. The van der Waals surface area contributed by atoms with Crippen LogP contribution in [0.1, 0.15) is 31.4 Å². The van der Waals surface area contributed by atoms with E-state index in [9.17, 15) is 9.90 Å². The lowest BCUT2D eigenvalue weighted by Gasteiger charge is -2.35. The monoisotopic (exact) mass is 457 g/mol. The second-order valence-corrected chi connectivity index (χ2v) is 8.78. The molecule has 4 aromatic rings. The van der Waals surface area contributed by atoms with Gasteiger partial charge in [-0.25, -0.2) is 24.7 Å². The van der Waals surface area contributed by atoms with Crippen molar-refractivity contribution in [2.75, 3.05) is 11.9 Å². The van der Waals surface area contributed by atoms with E-state index >= 15 is 0 Å². The normalized spacial score (nSPS) is 18.5. The van der Waals surface area contributed by atoms with Crippen molar-refractivity contribution in [2.24, 2.45) is 5.92 Å². The lowest BCUT2D eigenvalue weighted by Crippen LogP contribution is -2.35. The van der Waals surface area contributed by atoms with Gasteiger partial charge in [0, 0.05) is 35.7 Å². The second kappa shape index (κ2) is 10.1. The number of aliphatic carboxylic acids is 1. The van der Waals surface area contributed by atoms with E-state index in [1.165, 1.54) is 6.33 Å². The van der Waals surface area contributed by atoms with Crippen LogP contribution in [0.25, 0.3) is 21.9 Å². The van der Waals surface area contributed by atoms with Gasteiger partial charge in [0.1, 0.15) is 18.2 Å². The van der Waals surface area contributed by atoms with Gasteiger partial charge < -0.3 is 15.2 Å². The van der Waals surface area contributed by atoms with Gasteiger partial charge in [0.05, 0.1) is 11.6 Å². The van der Waals surface area contributed by atoms with Crippen molar-refractivity contribution >= 4 is 33.7 Å². The van der Waals surface area contributed by atoms with Gasteiger partial charge >= 0.3 is 5.97 Å². The highest BCUT2D eigenvalue weighted by Gasteiger charge is 2.30. The minimum atomic E-state index is -0.921. The van der Waals surface area contributed by atoms with Crippen LogP contribution < -0.4 is 5.32 Å². The van der Waals surface area contributed by atoms with Crippen LogP contribution in [0.15, 0.2) is 61.1 Å². The number of anilines is 1. The van der Waals surface area contributed by atoms with Gasteiger partial charge in [0.2, 0.25) is 0 Å². The van der Waals surface area contributed by atoms with Crippen molar-refractivity contribution < 1.29 is 14.6 Å². The Bertz CT molecular complexity index is 1290. The summed E-state index contributed by atoms with van der Waals surface area (Å²) in [6.45, 7) is 0.391.